The molecular weight excluding hydrogens is 523 g/mol. The summed E-state index contributed by atoms with van der Waals surface area (Å²) in [5, 5.41) is 99.1. The molecule has 0 aromatic rings. The van der Waals surface area contributed by atoms with Crippen LogP contribution in [0.3, 0.4) is 0 Å². The zero-order valence-electron chi connectivity index (χ0n) is 18.6. The summed E-state index contributed by atoms with van der Waals surface area (Å²) in [4.78, 5) is 17.8. The molecule has 12 N–H and O–H groups in total. The van der Waals surface area contributed by atoms with E-state index >= 15 is 0 Å². The monoisotopic (exact) mass is 556 g/mol. The lowest BCUT2D eigenvalue weighted by Crippen LogP contribution is -2.63. The minimum absolute atomic E-state index is 0.821. The average Bonchev–Trinajstić information content (AvgIpc) is 2.83. The zero-order chi connectivity index (χ0) is 27.4. The van der Waals surface area contributed by atoms with Crippen LogP contribution in [0.4, 0.5) is 0 Å². The van der Waals surface area contributed by atoms with E-state index in [2.05, 4.69) is 4.52 Å². The van der Waals surface area contributed by atoms with Crippen LogP contribution >= 0.6 is 7.82 Å². The van der Waals surface area contributed by atoms with E-state index in [-0.39, 0.29) is 0 Å². The summed E-state index contributed by atoms with van der Waals surface area (Å²) in [7, 11) is -5.12. The van der Waals surface area contributed by atoms with Gasteiger partial charge in [-0.05, 0) is 0 Å². The predicted molar refractivity (Wildman–Crippen MR) is 108 cm³/mol. The number of rotatable bonds is 12. The highest BCUT2D eigenvalue weighted by Gasteiger charge is 2.49. The van der Waals surface area contributed by atoms with Gasteiger partial charge in [0, 0.05) is 0 Å². The average molecular weight is 556 g/mol. The summed E-state index contributed by atoms with van der Waals surface area (Å²) >= 11 is 0. The smallest absolute Gasteiger partial charge is 0.394 e. The molecule has 2 aliphatic rings. The summed E-state index contributed by atoms with van der Waals surface area (Å²) in [6, 6.07) is 0. The molecule has 0 bridgehead atoms. The second-order valence-electron chi connectivity index (χ2n) is 8.21. The van der Waals surface area contributed by atoms with Gasteiger partial charge >= 0.3 is 7.82 Å². The van der Waals surface area contributed by atoms with Crippen molar-refractivity contribution in [3.8, 4) is 0 Å². The molecule has 0 saturated carbocycles. The van der Waals surface area contributed by atoms with Crippen molar-refractivity contribution in [2.75, 3.05) is 26.4 Å². The fourth-order valence-electron chi connectivity index (χ4n) is 3.61. The second kappa shape index (κ2) is 13.6. The van der Waals surface area contributed by atoms with Gasteiger partial charge in [0.15, 0.2) is 12.6 Å². The molecule has 0 aromatic heterocycles. The van der Waals surface area contributed by atoms with Gasteiger partial charge in [-0.2, -0.15) is 0 Å². The topological polar surface area (TPSA) is 306 Å². The summed E-state index contributed by atoms with van der Waals surface area (Å²) < 4.78 is 36.4. The zero-order valence-corrected chi connectivity index (χ0v) is 19.5. The van der Waals surface area contributed by atoms with Crippen LogP contribution in [-0.4, -0.2) is 167 Å². The predicted octanol–water partition coefficient (Wildman–Crippen LogP) is -7.18. The van der Waals surface area contributed by atoms with E-state index in [0.717, 1.165) is 0 Å². The van der Waals surface area contributed by atoms with Crippen molar-refractivity contribution in [2.45, 2.75) is 79.7 Å². The first kappa shape index (κ1) is 31.8. The van der Waals surface area contributed by atoms with Crippen LogP contribution in [0.1, 0.15) is 0 Å². The first-order chi connectivity index (χ1) is 16.7. The SMILES string of the molecule is O=P(O)(O)OC[C@H](O)[C@H](O[C@H]1O[C@H](CO)[C@@H](O)[C@H](O)[C@H]1O)[C@@H](CO)O[C@H]1O[C@H](CO)[C@@H](O)[C@H](O)[C@H]1O. The Morgan fingerprint density at radius 2 is 1.17 bits per heavy atom. The van der Waals surface area contributed by atoms with Gasteiger partial charge in [-0.25, -0.2) is 4.57 Å². The van der Waals surface area contributed by atoms with Crippen molar-refractivity contribution in [1.29, 1.82) is 0 Å². The van der Waals surface area contributed by atoms with E-state index in [9.17, 15) is 55.6 Å². The Hall–Kier alpha value is -0.450. The molecule has 0 unspecified atom stereocenters. The van der Waals surface area contributed by atoms with Crippen LogP contribution in [-0.2, 0) is 28.0 Å². The molecule has 2 fully saturated rings. The number of phosphoric acid groups is 1. The lowest BCUT2D eigenvalue weighted by Gasteiger charge is -2.44. The Morgan fingerprint density at radius 3 is 1.56 bits per heavy atom. The van der Waals surface area contributed by atoms with E-state index in [4.69, 9.17) is 28.7 Å². The number of aliphatic hydroxyl groups is 10. The van der Waals surface area contributed by atoms with Crippen molar-refractivity contribution in [2.24, 2.45) is 0 Å². The van der Waals surface area contributed by atoms with Gasteiger partial charge in [0.2, 0.25) is 0 Å². The van der Waals surface area contributed by atoms with Crippen LogP contribution in [0.15, 0.2) is 0 Å². The van der Waals surface area contributed by atoms with Crippen molar-refractivity contribution in [3.63, 3.8) is 0 Å². The Kier molecular flexibility index (Phi) is 12.0. The molecule has 0 radical (unpaired) electrons. The highest BCUT2D eigenvalue weighted by atomic mass is 31.2. The molecule has 36 heavy (non-hydrogen) atoms. The third-order valence-electron chi connectivity index (χ3n) is 5.64. The van der Waals surface area contributed by atoms with E-state index in [0.29, 0.717) is 0 Å². The highest BCUT2D eigenvalue weighted by Crippen LogP contribution is 2.36. The molecule has 2 rings (SSSR count). The molecule has 0 aliphatic carbocycles. The fourth-order valence-corrected chi connectivity index (χ4v) is 3.95. The van der Waals surface area contributed by atoms with E-state index < -0.39 is 114 Å². The van der Waals surface area contributed by atoms with E-state index in [1.54, 1.807) is 0 Å². The first-order valence-electron chi connectivity index (χ1n) is 10.7. The number of ether oxygens (including phenoxy) is 4. The van der Waals surface area contributed by atoms with Crippen LogP contribution in [0.25, 0.3) is 0 Å². The van der Waals surface area contributed by atoms with Gasteiger partial charge in [-0.3, -0.25) is 4.52 Å². The van der Waals surface area contributed by atoms with Gasteiger partial charge in [-0.1, -0.05) is 0 Å². The molecule has 19 heteroatoms. The maximum absolute atomic E-state index is 11.1. The molecule has 0 amide bonds. The number of phosphoric ester groups is 1. The first-order valence-corrected chi connectivity index (χ1v) is 12.2. The minimum Gasteiger partial charge on any atom is -0.394 e. The Morgan fingerprint density at radius 1 is 0.722 bits per heavy atom. The van der Waals surface area contributed by atoms with E-state index in [1.807, 2.05) is 0 Å². The molecule has 2 heterocycles. The lowest BCUT2D eigenvalue weighted by molar-refractivity contribution is -0.349. The summed E-state index contributed by atoms with van der Waals surface area (Å²) in [5.74, 6) is 0. The maximum atomic E-state index is 11.1. The van der Waals surface area contributed by atoms with Gasteiger partial charge in [0.1, 0.15) is 67.1 Å². The Labute approximate surface area is 203 Å². The second-order valence-corrected chi connectivity index (χ2v) is 9.45. The van der Waals surface area contributed by atoms with E-state index in [1.165, 1.54) is 0 Å². The minimum atomic E-state index is -5.12. The quantitative estimate of drug-likeness (QED) is 0.0993. The highest BCUT2D eigenvalue weighted by molar-refractivity contribution is 7.46. The third-order valence-corrected chi connectivity index (χ3v) is 6.12. The molecular formula is C17H33O18P. The molecule has 13 atom stereocenters. The number of hydrogen-bond donors (Lipinski definition) is 12. The van der Waals surface area contributed by atoms with Crippen molar-refractivity contribution in [3.05, 3.63) is 0 Å². The maximum Gasteiger partial charge on any atom is 0.469 e. The fraction of sp³-hybridized carbons (Fsp3) is 1.00. The van der Waals surface area contributed by atoms with Crippen LogP contribution in [0.5, 0.6) is 0 Å². The molecule has 2 saturated heterocycles. The summed E-state index contributed by atoms with van der Waals surface area (Å²) in [6.45, 7) is -3.87. The Bertz CT molecular complexity index is 705. The van der Waals surface area contributed by atoms with Crippen LogP contribution in [0, 0.1) is 0 Å². The van der Waals surface area contributed by atoms with Crippen LogP contribution < -0.4 is 0 Å². The largest absolute Gasteiger partial charge is 0.469 e. The van der Waals surface area contributed by atoms with Crippen molar-refractivity contribution in [1.82, 2.24) is 0 Å². The van der Waals surface area contributed by atoms with Crippen LogP contribution in [0.2, 0.25) is 0 Å². The van der Waals surface area contributed by atoms with Gasteiger partial charge in [-0.15, -0.1) is 0 Å². The normalized spacial score (nSPS) is 40.6. The van der Waals surface area contributed by atoms with Gasteiger partial charge in [0.05, 0.1) is 26.4 Å². The molecule has 2 aliphatic heterocycles. The third kappa shape index (κ3) is 7.79. The lowest BCUT2D eigenvalue weighted by atomic mass is 9.98. The number of hydrogen-bond acceptors (Lipinski definition) is 16. The molecule has 0 spiro atoms. The summed E-state index contributed by atoms with van der Waals surface area (Å²) in [5.41, 5.74) is 0. The van der Waals surface area contributed by atoms with Crippen molar-refractivity contribution >= 4 is 7.82 Å². The summed E-state index contributed by atoms with van der Waals surface area (Å²) in [6.07, 6.45) is -23.7. The molecule has 18 nitrogen and oxygen atoms in total. The number of aliphatic hydroxyl groups excluding tert-OH is 10. The van der Waals surface area contributed by atoms with Crippen molar-refractivity contribution < 1.29 is 88.9 Å². The van der Waals surface area contributed by atoms with Gasteiger partial charge < -0.3 is 79.8 Å². The molecule has 0 aromatic carbocycles. The molecule has 214 valence electrons. The Balaban J connectivity index is 2.28. The standard InChI is InChI=1S/C17H33O18P/c18-1-6-9(22)11(24)13(26)16(32-6)34-8(3-20)15(5(21)4-31-36(28,29)30)35-17-14(27)12(25)10(23)7(2-19)33-17/h5-27H,1-4H2,(H2,28,29,30)/t5-,6+,7+,8+,9+,10+,11-,12-,13+,14+,15-,16+,17+/m0/s1. The van der Waals surface area contributed by atoms with Gasteiger partial charge in [0.25, 0.3) is 0 Å².